The minimum absolute atomic E-state index is 0.272. The van der Waals surface area contributed by atoms with Crippen LogP contribution in [-0.4, -0.2) is 29.1 Å². The molecule has 1 aliphatic rings. The Balaban J connectivity index is 1.83. The van der Waals surface area contributed by atoms with Gasteiger partial charge in [-0.2, -0.15) is 0 Å². The molecule has 0 spiro atoms. The highest BCUT2D eigenvalue weighted by Crippen LogP contribution is 2.15. The third-order valence-electron chi connectivity index (χ3n) is 3.17. The predicted molar refractivity (Wildman–Crippen MR) is 69.0 cm³/mol. The van der Waals surface area contributed by atoms with Gasteiger partial charge in [-0.1, -0.05) is 0 Å². The topological polar surface area (TPSA) is 49.8 Å². The Morgan fingerprint density at radius 2 is 2.33 bits per heavy atom. The first-order valence-corrected chi connectivity index (χ1v) is 6.21. The smallest absolute Gasteiger partial charge is 0.223 e. The lowest BCUT2D eigenvalue weighted by Gasteiger charge is -2.23. The number of rotatable bonds is 2. The number of hydrogen-bond donors (Lipinski definition) is 2. The normalized spacial score (nSPS) is 19.9. The number of piperidine rings is 1. The van der Waals surface area contributed by atoms with Crippen molar-refractivity contribution in [3.8, 4) is 0 Å². The minimum atomic E-state index is -0.272. The maximum atomic E-state index is 13.1. The molecule has 1 fully saturated rings. The summed E-state index contributed by atoms with van der Waals surface area (Å²) in [5.41, 5.74) is 0.635. The first-order chi connectivity index (χ1) is 8.81. The third kappa shape index (κ3) is 2.41. The summed E-state index contributed by atoms with van der Waals surface area (Å²) in [7, 11) is 0. The standard InChI is InChI=1S/C13H15FN4/c14-10-4-3-9-7-16-13(18-12(9)6-10)17-11-2-1-5-15-8-11/h3-4,6-7,11,15H,1-2,5,8H2,(H,16,17,18). The Labute approximate surface area is 105 Å². The van der Waals surface area contributed by atoms with Crippen molar-refractivity contribution in [1.82, 2.24) is 15.3 Å². The largest absolute Gasteiger partial charge is 0.350 e. The molecule has 18 heavy (non-hydrogen) atoms. The molecule has 1 aromatic carbocycles. The molecule has 1 atom stereocenters. The molecule has 2 aromatic rings. The Morgan fingerprint density at radius 1 is 1.39 bits per heavy atom. The van der Waals surface area contributed by atoms with Gasteiger partial charge in [-0.25, -0.2) is 14.4 Å². The van der Waals surface area contributed by atoms with Crippen LogP contribution in [0.25, 0.3) is 10.9 Å². The van der Waals surface area contributed by atoms with E-state index in [4.69, 9.17) is 0 Å². The van der Waals surface area contributed by atoms with Crippen molar-refractivity contribution in [2.75, 3.05) is 18.4 Å². The second kappa shape index (κ2) is 4.86. The molecule has 2 N–H and O–H groups in total. The molecule has 1 unspecified atom stereocenters. The molecule has 0 bridgehead atoms. The average Bonchev–Trinajstić information content (AvgIpc) is 2.39. The summed E-state index contributed by atoms with van der Waals surface area (Å²) >= 11 is 0. The van der Waals surface area contributed by atoms with Crippen LogP contribution in [-0.2, 0) is 0 Å². The lowest BCUT2D eigenvalue weighted by atomic mass is 10.1. The van der Waals surface area contributed by atoms with Crippen LogP contribution in [0.1, 0.15) is 12.8 Å². The molecule has 94 valence electrons. The van der Waals surface area contributed by atoms with E-state index in [0.29, 0.717) is 17.5 Å². The molecule has 1 aliphatic heterocycles. The highest BCUT2D eigenvalue weighted by atomic mass is 19.1. The van der Waals surface area contributed by atoms with Crippen molar-refractivity contribution < 1.29 is 4.39 Å². The maximum absolute atomic E-state index is 13.1. The molecule has 1 saturated heterocycles. The highest BCUT2D eigenvalue weighted by molar-refractivity contribution is 5.78. The first-order valence-electron chi connectivity index (χ1n) is 6.21. The lowest BCUT2D eigenvalue weighted by molar-refractivity contribution is 0.478. The number of nitrogens with one attached hydrogen (secondary N) is 2. The second-order valence-electron chi connectivity index (χ2n) is 4.58. The van der Waals surface area contributed by atoms with Crippen molar-refractivity contribution >= 4 is 16.9 Å². The van der Waals surface area contributed by atoms with E-state index in [1.165, 1.54) is 12.1 Å². The van der Waals surface area contributed by atoms with Gasteiger partial charge in [-0.15, -0.1) is 0 Å². The Morgan fingerprint density at radius 3 is 3.17 bits per heavy atom. The average molecular weight is 246 g/mol. The van der Waals surface area contributed by atoms with Gasteiger partial charge < -0.3 is 10.6 Å². The Kier molecular flexibility index (Phi) is 3.06. The van der Waals surface area contributed by atoms with Crippen LogP contribution in [0.4, 0.5) is 10.3 Å². The molecule has 0 radical (unpaired) electrons. The van der Waals surface area contributed by atoms with E-state index in [1.807, 2.05) is 0 Å². The van der Waals surface area contributed by atoms with Crippen molar-refractivity contribution in [1.29, 1.82) is 0 Å². The molecule has 0 saturated carbocycles. The number of nitrogens with zero attached hydrogens (tertiary/aromatic N) is 2. The van der Waals surface area contributed by atoms with Gasteiger partial charge in [0, 0.05) is 30.2 Å². The summed E-state index contributed by atoms with van der Waals surface area (Å²) in [5.74, 6) is 0.299. The van der Waals surface area contributed by atoms with Gasteiger partial charge in [0.25, 0.3) is 0 Å². The summed E-state index contributed by atoms with van der Waals surface area (Å²) in [6.45, 7) is 1.99. The number of benzene rings is 1. The van der Waals surface area contributed by atoms with Gasteiger partial charge in [0.15, 0.2) is 0 Å². The Hall–Kier alpha value is -1.75. The highest BCUT2D eigenvalue weighted by Gasteiger charge is 2.13. The van der Waals surface area contributed by atoms with Gasteiger partial charge in [0.2, 0.25) is 5.95 Å². The molecule has 2 heterocycles. The van der Waals surface area contributed by atoms with Crippen LogP contribution in [0.3, 0.4) is 0 Å². The van der Waals surface area contributed by atoms with Gasteiger partial charge in [0.05, 0.1) is 5.52 Å². The zero-order valence-corrected chi connectivity index (χ0v) is 9.99. The summed E-state index contributed by atoms with van der Waals surface area (Å²) in [6, 6.07) is 4.90. The van der Waals surface area contributed by atoms with E-state index in [2.05, 4.69) is 20.6 Å². The van der Waals surface area contributed by atoms with E-state index < -0.39 is 0 Å². The maximum Gasteiger partial charge on any atom is 0.223 e. The first kappa shape index (κ1) is 11.3. The van der Waals surface area contributed by atoms with E-state index in [-0.39, 0.29) is 5.82 Å². The fourth-order valence-electron chi connectivity index (χ4n) is 2.22. The molecular formula is C13H15FN4. The van der Waals surface area contributed by atoms with Crippen LogP contribution in [0.2, 0.25) is 0 Å². The zero-order chi connectivity index (χ0) is 12.4. The second-order valence-corrected chi connectivity index (χ2v) is 4.58. The fourth-order valence-corrected chi connectivity index (χ4v) is 2.22. The van der Waals surface area contributed by atoms with Crippen molar-refractivity contribution in [2.45, 2.75) is 18.9 Å². The van der Waals surface area contributed by atoms with Gasteiger partial charge >= 0.3 is 0 Å². The number of halogens is 1. The van der Waals surface area contributed by atoms with Crippen molar-refractivity contribution in [3.63, 3.8) is 0 Å². The summed E-state index contributed by atoms with van der Waals surface area (Å²) in [5, 5.41) is 7.46. The van der Waals surface area contributed by atoms with E-state index in [1.54, 1.807) is 12.3 Å². The number of hydrogen-bond acceptors (Lipinski definition) is 4. The van der Waals surface area contributed by atoms with Crippen LogP contribution >= 0.6 is 0 Å². The molecule has 5 heteroatoms. The van der Waals surface area contributed by atoms with Gasteiger partial charge in [-0.3, -0.25) is 0 Å². The van der Waals surface area contributed by atoms with E-state index in [0.717, 1.165) is 31.3 Å². The van der Waals surface area contributed by atoms with Crippen LogP contribution < -0.4 is 10.6 Å². The molecule has 3 rings (SSSR count). The van der Waals surface area contributed by atoms with E-state index in [9.17, 15) is 4.39 Å². The summed E-state index contributed by atoms with van der Waals surface area (Å²) in [6.07, 6.45) is 3.98. The monoisotopic (exact) mass is 246 g/mol. The molecule has 1 aromatic heterocycles. The number of aromatic nitrogens is 2. The number of anilines is 1. The molecule has 0 aliphatic carbocycles. The quantitative estimate of drug-likeness (QED) is 0.850. The fraction of sp³-hybridized carbons (Fsp3) is 0.385. The van der Waals surface area contributed by atoms with Crippen molar-refractivity contribution in [2.24, 2.45) is 0 Å². The van der Waals surface area contributed by atoms with Crippen LogP contribution in [0.5, 0.6) is 0 Å². The SMILES string of the molecule is Fc1ccc2cnc(NC3CCCNC3)nc2c1. The molecular weight excluding hydrogens is 231 g/mol. The van der Waals surface area contributed by atoms with E-state index >= 15 is 0 Å². The number of fused-ring (bicyclic) bond motifs is 1. The predicted octanol–water partition coefficient (Wildman–Crippen LogP) is 1.93. The van der Waals surface area contributed by atoms with Gasteiger partial charge in [0.1, 0.15) is 5.82 Å². The van der Waals surface area contributed by atoms with Crippen LogP contribution in [0, 0.1) is 5.82 Å². The Bertz CT molecular complexity index is 552. The summed E-state index contributed by atoms with van der Waals surface area (Å²) < 4.78 is 13.1. The molecule has 0 amide bonds. The van der Waals surface area contributed by atoms with Crippen molar-refractivity contribution in [3.05, 3.63) is 30.2 Å². The van der Waals surface area contributed by atoms with Crippen LogP contribution in [0.15, 0.2) is 24.4 Å². The zero-order valence-electron chi connectivity index (χ0n) is 9.99. The lowest BCUT2D eigenvalue weighted by Crippen LogP contribution is -2.38. The molecule has 4 nitrogen and oxygen atoms in total. The third-order valence-corrected chi connectivity index (χ3v) is 3.17. The van der Waals surface area contributed by atoms with Gasteiger partial charge in [-0.05, 0) is 31.5 Å². The summed E-state index contributed by atoms with van der Waals surface area (Å²) in [4.78, 5) is 8.60. The minimum Gasteiger partial charge on any atom is -0.350 e.